The summed E-state index contributed by atoms with van der Waals surface area (Å²) in [6.07, 6.45) is 0. The van der Waals surface area contributed by atoms with Crippen molar-refractivity contribution in [2.45, 2.75) is 11.5 Å². The van der Waals surface area contributed by atoms with E-state index in [0.717, 1.165) is 11.5 Å². The van der Waals surface area contributed by atoms with Crippen LogP contribution in [-0.4, -0.2) is 0 Å². The molecule has 2 aliphatic heterocycles. The standard InChI is InChI=1S/C8H8S2/c1-2-8-4-3-7(1)5-9-10-6-8/h1-4H,5-6H2. The van der Waals surface area contributed by atoms with Gasteiger partial charge in [0, 0.05) is 11.5 Å². The van der Waals surface area contributed by atoms with Crippen LogP contribution < -0.4 is 0 Å². The first-order chi connectivity index (χ1) is 4.95. The Hall–Kier alpha value is -0.0800. The Labute approximate surface area is 68.8 Å². The zero-order chi connectivity index (χ0) is 6.81. The SMILES string of the molecule is c1cc2ccc1CSSC2. The Morgan fingerprint density at radius 3 is 1.60 bits per heavy atom. The molecule has 0 atom stereocenters. The molecule has 2 aliphatic rings. The minimum Gasteiger partial charge on any atom is -0.0890 e. The van der Waals surface area contributed by atoms with Crippen LogP contribution in [0.25, 0.3) is 0 Å². The Morgan fingerprint density at radius 1 is 0.800 bits per heavy atom. The third-order valence-corrected chi connectivity index (χ3v) is 3.83. The summed E-state index contributed by atoms with van der Waals surface area (Å²) in [5.41, 5.74) is 2.89. The van der Waals surface area contributed by atoms with Crippen molar-refractivity contribution in [2.75, 3.05) is 0 Å². The predicted octanol–water partition coefficient (Wildman–Crippen LogP) is 3.08. The van der Waals surface area contributed by atoms with Gasteiger partial charge in [0.05, 0.1) is 0 Å². The van der Waals surface area contributed by atoms with Crippen molar-refractivity contribution in [3.63, 3.8) is 0 Å². The van der Waals surface area contributed by atoms with Gasteiger partial charge in [-0.2, -0.15) is 0 Å². The Morgan fingerprint density at radius 2 is 1.20 bits per heavy atom. The van der Waals surface area contributed by atoms with Crippen molar-refractivity contribution in [3.8, 4) is 0 Å². The van der Waals surface area contributed by atoms with Gasteiger partial charge in [0.25, 0.3) is 0 Å². The molecule has 2 bridgehead atoms. The van der Waals surface area contributed by atoms with E-state index in [-0.39, 0.29) is 0 Å². The number of benzene rings is 1. The second-order valence-corrected chi connectivity index (χ2v) is 4.80. The van der Waals surface area contributed by atoms with Gasteiger partial charge >= 0.3 is 0 Å². The topological polar surface area (TPSA) is 0 Å². The zero-order valence-electron chi connectivity index (χ0n) is 5.54. The third kappa shape index (κ3) is 1.32. The van der Waals surface area contributed by atoms with Gasteiger partial charge in [-0.25, -0.2) is 0 Å². The Kier molecular flexibility index (Phi) is 1.91. The first kappa shape index (κ1) is 6.62. The minimum atomic E-state index is 1.16. The average molecular weight is 168 g/mol. The predicted molar refractivity (Wildman–Crippen MR) is 49.0 cm³/mol. The van der Waals surface area contributed by atoms with Crippen molar-refractivity contribution in [2.24, 2.45) is 0 Å². The van der Waals surface area contributed by atoms with E-state index in [1.807, 2.05) is 21.6 Å². The average Bonchev–Trinajstić information content (AvgIpc) is 1.89. The fourth-order valence-corrected chi connectivity index (χ4v) is 3.09. The van der Waals surface area contributed by atoms with E-state index in [9.17, 15) is 0 Å². The van der Waals surface area contributed by atoms with Crippen LogP contribution in [0, 0.1) is 0 Å². The molecule has 0 nitrogen and oxygen atoms in total. The van der Waals surface area contributed by atoms with Gasteiger partial charge in [0.2, 0.25) is 0 Å². The molecule has 1 aromatic rings. The second kappa shape index (κ2) is 2.89. The van der Waals surface area contributed by atoms with Gasteiger partial charge in [-0.05, 0) is 11.1 Å². The molecule has 2 heteroatoms. The fraction of sp³-hybridized carbons (Fsp3) is 0.250. The van der Waals surface area contributed by atoms with Gasteiger partial charge in [-0.3, -0.25) is 0 Å². The molecule has 10 heavy (non-hydrogen) atoms. The van der Waals surface area contributed by atoms with E-state index in [4.69, 9.17) is 0 Å². The summed E-state index contributed by atoms with van der Waals surface area (Å²) in [7, 11) is 3.90. The summed E-state index contributed by atoms with van der Waals surface area (Å²) in [6.45, 7) is 0. The number of fused-ring (bicyclic) bond motifs is 5. The van der Waals surface area contributed by atoms with Crippen LogP contribution >= 0.6 is 21.6 Å². The summed E-state index contributed by atoms with van der Waals surface area (Å²) >= 11 is 0. The number of hydrogen-bond acceptors (Lipinski definition) is 2. The molecule has 0 fully saturated rings. The molecular formula is C8H8S2. The van der Waals surface area contributed by atoms with Crippen molar-refractivity contribution in [3.05, 3.63) is 35.4 Å². The molecule has 0 amide bonds. The highest BCUT2D eigenvalue weighted by atomic mass is 33.1. The molecule has 0 aromatic heterocycles. The van der Waals surface area contributed by atoms with Crippen molar-refractivity contribution >= 4 is 21.6 Å². The number of hydrogen-bond donors (Lipinski definition) is 0. The first-order valence-electron chi connectivity index (χ1n) is 3.27. The summed E-state index contributed by atoms with van der Waals surface area (Å²) in [4.78, 5) is 0. The van der Waals surface area contributed by atoms with Gasteiger partial charge in [0.15, 0.2) is 0 Å². The Balaban J connectivity index is 2.40. The lowest BCUT2D eigenvalue weighted by Crippen LogP contribution is -1.85. The van der Waals surface area contributed by atoms with Crippen LogP contribution in [-0.2, 0) is 11.5 Å². The largest absolute Gasteiger partial charge is 0.0890 e. The Bertz CT molecular complexity index is 190. The van der Waals surface area contributed by atoms with E-state index in [2.05, 4.69) is 24.3 Å². The molecule has 0 aliphatic carbocycles. The highest BCUT2D eigenvalue weighted by molar-refractivity contribution is 8.76. The summed E-state index contributed by atoms with van der Waals surface area (Å²) in [5.74, 6) is 2.32. The monoisotopic (exact) mass is 168 g/mol. The smallest absolute Gasteiger partial charge is 0.0288 e. The molecule has 1 aromatic carbocycles. The third-order valence-electron chi connectivity index (χ3n) is 1.56. The number of rotatable bonds is 0. The quantitative estimate of drug-likeness (QED) is 0.546. The first-order valence-corrected chi connectivity index (χ1v) is 5.76. The summed E-state index contributed by atoms with van der Waals surface area (Å²) < 4.78 is 0. The van der Waals surface area contributed by atoms with Crippen LogP contribution in [0.3, 0.4) is 0 Å². The van der Waals surface area contributed by atoms with Gasteiger partial charge in [0.1, 0.15) is 0 Å². The molecule has 0 unspecified atom stereocenters. The maximum atomic E-state index is 2.22. The zero-order valence-corrected chi connectivity index (χ0v) is 7.17. The van der Waals surface area contributed by atoms with Crippen LogP contribution in [0.1, 0.15) is 11.1 Å². The normalized spacial score (nSPS) is 16.4. The molecule has 0 radical (unpaired) electrons. The van der Waals surface area contributed by atoms with E-state index in [1.54, 1.807) is 0 Å². The lowest BCUT2D eigenvalue weighted by Gasteiger charge is -2.07. The summed E-state index contributed by atoms with van der Waals surface area (Å²) in [5, 5.41) is 0. The van der Waals surface area contributed by atoms with Crippen LogP contribution in [0.2, 0.25) is 0 Å². The van der Waals surface area contributed by atoms with E-state index in [1.165, 1.54) is 11.1 Å². The van der Waals surface area contributed by atoms with E-state index >= 15 is 0 Å². The maximum Gasteiger partial charge on any atom is 0.0288 e. The molecular weight excluding hydrogens is 160 g/mol. The van der Waals surface area contributed by atoms with Crippen molar-refractivity contribution in [1.29, 1.82) is 0 Å². The van der Waals surface area contributed by atoms with E-state index in [0.29, 0.717) is 0 Å². The maximum absolute atomic E-state index is 2.22. The van der Waals surface area contributed by atoms with Crippen LogP contribution in [0.5, 0.6) is 0 Å². The van der Waals surface area contributed by atoms with Crippen LogP contribution in [0.4, 0.5) is 0 Å². The van der Waals surface area contributed by atoms with Crippen molar-refractivity contribution in [1.82, 2.24) is 0 Å². The van der Waals surface area contributed by atoms with Crippen molar-refractivity contribution < 1.29 is 0 Å². The molecule has 0 saturated carbocycles. The highest BCUT2D eigenvalue weighted by Gasteiger charge is 2.00. The molecule has 52 valence electrons. The molecule has 0 saturated heterocycles. The van der Waals surface area contributed by atoms with Gasteiger partial charge in [-0.1, -0.05) is 45.9 Å². The lowest BCUT2D eigenvalue weighted by atomic mass is 10.2. The van der Waals surface area contributed by atoms with Crippen LogP contribution in [0.15, 0.2) is 24.3 Å². The highest BCUT2D eigenvalue weighted by Crippen LogP contribution is 2.32. The molecule has 0 spiro atoms. The molecule has 0 N–H and O–H groups in total. The second-order valence-electron chi connectivity index (χ2n) is 2.34. The minimum absolute atomic E-state index is 1.16. The fourth-order valence-electron chi connectivity index (χ4n) is 0.951. The van der Waals surface area contributed by atoms with E-state index < -0.39 is 0 Å². The van der Waals surface area contributed by atoms with Gasteiger partial charge < -0.3 is 0 Å². The van der Waals surface area contributed by atoms with Gasteiger partial charge in [-0.15, -0.1) is 0 Å². The molecule has 3 rings (SSSR count). The summed E-state index contributed by atoms with van der Waals surface area (Å²) in [6, 6.07) is 8.90. The lowest BCUT2D eigenvalue weighted by molar-refractivity contribution is 1.34. The molecule has 2 heterocycles.